The lowest BCUT2D eigenvalue weighted by Gasteiger charge is -2.25. The second kappa shape index (κ2) is 5.88. The molecule has 1 aromatic carbocycles. The summed E-state index contributed by atoms with van der Waals surface area (Å²) in [5, 5.41) is 14.2. The van der Waals surface area contributed by atoms with Gasteiger partial charge in [0, 0.05) is 38.8 Å². The standard InChI is InChI=1S/C12H15ClN4O2/c1-16-6-2-5-14-12(16)15-8-9-3-4-10(17(18)19)7-11(9)13/h3-4,7H,2,5-6,8H2,1H3,(H,14,15). The van der Waals surface area contributed by atoms with Gasteiger partial charge in [0.1, 0.15) is 0 Å². The summed E-state index contributed by atoms with van der Waals surface area (Å²) in [6.45, 7) is 2.29. The van der Waals surface area contributed by atoms with Crippen molar-refractivity contribution in [1.82, 2.24) is 10.2 Å². The number of nitrogens with zero attached hydrogens (tertiary/aromatic N) is 3. The van der Waals surface area contributed by atoms with Crippen molar-refractivity contribution in [3.63, 3.8) is 0 Å². The predicted molar refractivity (Wildman–Crippen MR) is 74.5 cm³/mol. The maximum absolute atomic E-state index is 10.6. The third kappa shape index (κ3) is 3.35. The van der Waals surface area contributed by atoms with Crippen molar-refractivity contribution in [1.29, 1.82) is 0 Å². The normalized spacial score (nSPS) is 15.1. The molecular weight excluding hydrogens is 268 g/mol. The zero-order valence-corrected chi connectivity index (χ0v) is 11.4. The molecule has 0 aliphatic carbocycles. The Labute approximate surface area is 116 Å². The quantitative estimate of drug-likeness (QED) is 0.680. The van der Waals surface area contributed by atoms with E-state index in [9.17, 15) is 10.1 Å². The van der Waals surface area contributed by atoms with Crippen molar-refractivity contribution < 1.29 is 4.92 Å². The van der Waals surface area contributed by atoms with Gasteiger partial charge in [-0.05, 0) is 18.1 Å². The van der Waals surface area contributed by atoms with Gasteiger partial charge in [-0.2, -0.15) is 0 Å². The number of aliphatic imine (C=N–C) groups is 1. The first kappa shape index (κ1) is 13.6. The number of rotatable bonds is 3. The van der Waals surface area contributed by atoms with Crippen molar-refractivity contribution >= 4 is 23.2 Å². The molecule has 1 N–H and O–H groups in total. The number of non-ortho nitro benzene ring substituents is 1. The Kier molecular flexibility index (Phi) is 4.21. The van der Waals surface area contributed by atoms with Gasteiger partial charge in [0.15, 0.2) is 5.96 Å². The Morgan fingerprint density at radius 1 is 1.58 bits per heavy atom. The average molecular weight is 283 g/mol. The molecule has 2 rings (SSSR count). The minimum atomic E-state index is -0.456. The van der Waals surface area contributed by atoms with Crippen LogP contribution in [0.1, 0.15) is 12.0 Å². The zero-order chi connectivity index (χ0) is 13.8. The first-order valence-corrected chi connectivity index (χ1v) is 6.38. The van der Waals surface area contributed by atoms with Gasteiger partial charge in [0.2, 0.25) is 0 Å². The third-order valence-corrected chi connectivity index (χ3v) is 3.31. The van der Waals surface area contributed by atoms with E-state index in [0.29, 0.717) is 11.6 Å². The highest BCUT2D eigenvalue weighted by Gasteiger charge is 2.12. The Hall–Kier alpha value is -1.82. The number of halogens is 1. The van der Waals surface area contributed by atoms with E-state index in [1.807, 2.05) is 11.9 Å². The second-order valence-corrected chi connectivity index (χ2v) is 4.77. The van der Waals surface area contributed by atoms with Crippen LogP contribution in [0.3, 0.4) is 0 Å². The largest absolute Gasteiger partial charge is 0.352 e. The van der Waals surface area contributed by atoms with Crippen molar-refractivity contribution in [2.75, 3.05) is 20.1 Å². The predicted octanol–water partition coefficient (Wildman–Crippen LogP) is 2.03. The summed E-state index contributed by atoms with van der Waals surface area (Å²) in [4.78, 5) is 16.6. The summed E-state index contributed by atoms with van der Waals surface area (Å²) in [7, 11) is 1.97. The molecule has 1 aliphatic heterocycles. The summed E-state index contributed by atoms with van der Waals surface area (Å²) in [6, 6.07) is 4.48. The number of benzene rings is 1. The molecule has 1 aromatic rings. The van der Waals surface area contributed by atoms with Crippen LogP contribution in [0.2, 0.25) is 5.02 Å². The summed E-state index contributed by atoms with van der Waals surface area (Å²) >= 11 is 6.03. The molecule has 0 saturated heterocycles. The zero-order valence-electron chi connectivity index (χ0n) is 10.6. The van der Waals surface area contributed by atoms with Crippen molar-refractivity contribution in [3.8, 4) is 0 Å². The second-order valence-electron chi connectivity index (χ2n) is 4.37. The minimum absolute atomic E-state index is 0.000810. The van der Waals surface area contributed by atoms with E-state index >= 15 is 0 Å². The summed E-state index contributed by atoms with van der Waals surface area (Å²) in [5.74, 6) is 0.834. The van der Waals surface area contributed by atoms with Crippen LogP contribution in [-0.4, -0.2) is 35.9 Å². The molecule has 0 atom stereocenters. The van der Waals surface area contributed by atoms with E-state index in [2.05, 4.69) is 10.3 Å². The monoisotopic (exact) mass is 282 g/mol. The number of hydrogen-bond donors (Lipinski definition) is 1. The summed E-state index contributed by atoms with van der Waals surface area (Å²) in [5.41, 5.74) is 0.815. The molecule has 0 fully saturated rings. The molecule has 7 heteroatoms. The van der Waals surface area contributed by atoms with Gasteiger partial charge < -0.3 is 10.2 Å². The van der Waals surface area contributed by atoms with E-state index in [0.717, 1.165) is 31.0 Å². The van der Waals surface area contributed by atoms with Crippen LogP contribution in [0, 0.1) is 10.1 Å². The fourth-order valence-electron chi connectivity index (χ4n) is 1.88. The maximum Gasteiger partial charge on any atom is 0.270 e. The van der Waals surface area contributed by atoms with Crippen LogP contribution >= 0.6 is 11.6 Å². The van der Waals surface area contributed by atoms with E-state index in [-0.39, 0.29) is 5.69 Å². The Balaban J connectivity index is 2.03. The highest BCUT2D eigenvalue weighted by atomic mass is 35.5. The van der Waals surface area contributed by atoms with Crippen molar-refractivity contribution in [2.45, 2.75) is 13.0 Å². The van der Waals surface area contributed by atoms with Gasteiger partial charge in [-0.15, -0.1) is 0 Å². The van der Waals surface area contributed by atoms with Gasteiger partial charge in [0.05, 0.1) is 9.95 Å². The number of guanidine groups is 1. The average Bonchev–Trinajstić information content (AvgIpc) is 2.39. The smallest absolute Gasteiger partial charge is 0.270 e. The Bertz CT molecular complexity index is 518. The summed E-state index contributed by atoms with van der Waals surface area (Å²) < 4.78 is 0. The molecule has 0 radical (unpaired) electrons. The molecule has 102 valence electrons. The lowest BCUT2D eigenvalue weighted by Crippen LogP contribution is -2.41. The molecule has 0 saturated carbocycles. The van der Waals surface area contributed by atoms with Crippen LogP contribution in [-0.2, 0) is 6.54 Å². The molecule has 0 bridgehead atoms. The van der Waals surface area contributed by atoms with Crippen LogP contribution in [0.15, 0.2) is 23.2 Å². The van der Waals surface area contributed by atoms with Gasteiger partial charge in [-0.25, -0.2) is 0 Å². The Morgan fingerprint density at radius 2 is 2.37 bits per heavy atom. The fourth-order valence-corrected chi connectivity index (χ4v) is 2.12. The SMILES string of the molecule is CN1CCCN=C1NCc1ccc([N+](=O)[O-])cc1Cl. The number of nitro groups is 1. The highest BCUT2D eigenvalue weighted by Crippen LogP contribution is 2.22. The number of hydrogen-bond acceptors (Lipinski definition) is 5. The van der Waals surface area contributed by atoms with E-state index in [1.54, 1.807) is 6.07 Å². The van der Waals surface area contributed by atoms with Crippen molar-refractivity contribution in [2.24, 2.45) is 4.99 Å². The first-order chi connectivity index (χ1) is 9.08. The number of nitro benzene ring substituents is 1. The van der Waals surface area contributed by atoms with Gasteiger partial charge in [-0.1, -0.05) is 11.6 Å². The fraction of sp³-hybridized carbons (Fsp3) is 0.417. The lowest BCUT2D eigenvalue weighted by atomic mass is 10.2. The number of nitrogens with one attached hydrogen (secondary N) is 1. The highest BCUT2D eigenvalue weighted by molar-refractivity contribution is 6.31. The van der Waals surface area contributed by atoms with Gasteiger partial charge in [-0.3, -0.25) is 15.1 Å². The molecule has 0 aromatic heterocycles. The molecule has 1 heterocycles. The lowest BCUT2D eigenvalue weighted by molar-refractivity contribution is -0.384. The van der Waals surface area contributed by atoms with Crippen LogP contribution in [0.25, 0.3) is 0 Å². The van der Waals surface area contributed by atoms with Crippen molar-refractivity contribution in [3.05, 3.63) is 38.9 Å². The van der Waals surface area contributed by atoms with E-state index in [4.69, 9.17) is 11.6 Å². The van der Waals surface area contributed by atoms with Gasteiger partial charge >= 0.3 is 0 Å². The molecule has 0 amide bonds. The van der Waals surface area contributed by atoms with E-state index in [1.165, 1.54) is 12.1 Å². The molecular formula is C12H15ClN4O2. The molecule has 1 aliphatic rings. The maximum atomic E-state index is 10.6. The van der Waals surface area contributed by atoms with Gasteiger partial charge in [0.25, 0.3) is 5.69 Å². The molecule has 19 heavy (non-hydrogen) atoms. The minimum Gasteiger partial charge on any atom is -0.352 e. The molecule has 0 spiro atoms. The van der Waals surface area contributed by atoms with Crippen LogP contribution in [0.4, 0.5) is 5.69 Å². The molecule has 6 nitrogen and oxygen atoms in total. The third-order valence-electron chi connectivity index (χ3n) is 2.96. The Morgan fingerprint density at radius 3 is 3.00 bits per heavy atom. The topological polar surface area (TPSA) is 70.8 Å². The summed E-state index contributed by atoms with van der Waals surface area (Å²) in [6.07, 6.45) is 1.06. The first-order valence-electron chi connectivity index (χ1n) is 6.00. The molecule has 0 unspecified atom stereocenters. The van der Waals surface area contributed by atoms with Crippen LogP contribution < -0.4 is 5.32 Å². The van der Waals surface area contributed by atoms with E-state index < -0.39 is 4.92 Å². The van der Waals surface area contributed by atoms with Crippen LogP contribution in [0.5, 0.6) is 0 Å².